The van der Waals surface area contributed by atoms with Gasteiger partial charge in [-0.15, -0.1) is 0 Å². The molecule has 1 heterocycles. The maximum Gasteiger partial charge on any atom is 0.315 e. The van der Waals surface area contributed by atoms with Crippen LogP contribution in [0, 0.1) is 5.92 Å². The molecule has 0 saturated carbocycles. The third-order valence-corrected chi connectivity index (χ3v) is 2.91. The van der Waals surface area contributed by atoms with Gasteiger partial charge in [-0.2, -0.15) is 0 Å². The van der Waals surface area contributed by atoms with Crippen LogP contribution in [0.25, 0.3) is 0 Å². The minimum atomic E-state index is -1.28. The van der Waals surface area contributed by atoms with Gasteiger partial charge in [-0.05, 0) is 18.1 Å². The highest BCUT2D eigenvalue weighted by atomic mass is 16.4. The van der Waals surface area contributed by atoms with Crippen molar-refractivity contribution in [1.82, 2.24) is 15.6 Å². The van der Waals surface area contributed by atoms with Crippen molar-refractivity contribution in [3.05, 3.63) is 30.1 Å². The van der Waals surface area contributed by atoms with Crippen LogP contribution in [0.3, 0.4) is 0 Å². The van der Waals surface area contributed by atoms with Crippen LogP contribution in [-0.2, 0) is 11.3 Å². The van der Waals surface area contributed by atoms with E-state index >= 15 is 0 Å². The number of carbonyl (C=O) groups is 2. The average Bonchev–Trinajstić information content (AvgIpc) is 2.42. The van der Waals surface area contributed by atoms with Crippen LogP contribution in [0.15, 0.2) is 24.4 Å². The first kappa shape index (κ1) is 14.9. The lowest BCUT2D eigenvalue weighted by Gasteiger charge is -2.25. The molecular formula is C13H18N3O3-. The van der Waals surface area contributed by atoms with E-state index in [1.54, 1.807) is 25.3 Å². The molecule has 0 unspecified atom stereocenters. The quantitative estimate of drug-likeness (QED) is 0.758. The predicted molar refractivity (Wildman–Crippen MR) is 67.9 cm³/mol. The summed E-state index contributed by atoms with van der Waals surface area (Å²) in [4.78, 5) is 26.6. The van der Waals surface area contributed by atoms with Crippen LogP contribution >= 0.6 is 0 Å². The fraction of sp³-hybridized carbons (Fsp3) is 0.462. The van der Waals surface area contributed by atoms with E-state index in [9.17, 15) is 14.7 Å². The van der Waals surface area contributed by atoms with Crippen LogP contribution in [0.2, 0.25) is 0 Å². The fourth-order valence-electron chi connectivity index (χ4n) is 1.53. The van der Waals surface area contributed by atoms with Gasteiger partial charge in [0.1, 0.15) is 0 Å². The number of nitrogens with zero attached hydrogens (tertiary/aromatic N) is 1. The minimum Gasteiger partial charge on any atom is -0.548 e. The molecule has 104 valence electrons. The second-order valence-corrected chi connectivity index (χ2v) is 4.33. The lowest BCUT2D eigenvalue weighted by Crippen LogP contribution is -2.53. The van der Waals surface area contributed by atoms with Crippen molar-refractivity contribution >= 4 is 12.0 Å². The van der Waals surface area contributed by atoms with E-state index < -0.39 is 18.0 Å². The van der Waals surface area contributed by atoms with Gasteiger partial charge < -0.3 is 20.5 Å². The lowest BCUT2D eigenvalue weighted by atomic mass is 9.99. The van der Waals surface area contributed by atoms with Crippen molar-refractivity contribution in [3.8, 4) is 0 Å². The molecular weight excluding hydrogens is 246 g/mol. The van der Waals surface area contributed by atoms with Gasteiger partial charge >= 0.3 is 6.03 Å². The van der Waals surface area contributed by atoms with E-state index in [4.69, 9.17) is 0 Å². The Morgan fingerprint density at radius 2 is 2.16 bits per heavy atom. The van der Waals surface area contributed by atoms with Crippen molar-refractivity contribution in [2.24, 2.45) is 5.92 Å². The second-order valence-electron chi connectivity index (χ2n) is 4.33. The topological polar surface area (TPSA) is 94.2 Å². The molecule has 1 rings (SSSR count). The second kappa shape index (κ2) is 7.35. The Morgan fingerprint density at radius 1 is 1.42 bits per heavy atom. The molecule has 6 nitrogen and oxygen atoms in total. The number of nitrogens with one attached hydrogen (secondary N) is 2. The summed E-state index contributed by atoms with van der Waals surface area (Å²) in [6, 6.07) is 3.82. The van der Waals surface area contributed by atoms with Crippen molar-refractivity contribution in [1.29, 1.82) is 0 Å². The van der Waals surface area contributed by atoms with Crippen LogP contribution in [0.5, 0.6) is 0 Å². The summed E-state index contributed by atoms with van der Waals surface area (Å²) in [7, 11) is 0. The van der Waals surface area contributed by atoms with Gasteiger partial charge in [0.2, 0.25) is 0 Å². The Hall–Kier alpha value is -2.11. The van der Waals surface area contributed by atoms with Crippen molar-refractivity contribution in [2.75, 3.05) is 0 Å². The third kappa shape index (κ3) is 4.95. The highest BCUT2D eigenvalue weighted by molar-refractivity contribution is 5.81. The third-order valence-electron chi connectivity index (χ3n) is 2.91. The van der Waals surface area contributed by atoms with Gasteiger partial charge in [0.25, 0.3) is 0 Å². The van der Waals surface area contributed by atoms with E-state index in [1.165, 1.54) is 0 Å². The molecule has 2 N–H and O–H groups in total. The molecule has 0 aliphatic rings. The van der Waals surface area contributed by atoms with Gasteiger partial charge in [0, 0.05) is 6.20 Å². The normalized spacial score (nSPS) is 13.4. The van der Waals surface area contributed by atoms with Gasteiger partial charge in [-0.3, -0.25) is 4.98 Å². The van der Waals surface area contributed by atoms with Gasteiger partial charge in [-0.25, -0.2) is 4.79 Å². The number of aromatic nitrogens is 1. The predicted octanol–water partition coefficient (Wildman–Crippen LogP) is 0.0454. The Balaban J connectivity index is 2.47. The molecule has 19 heavy (non-hydrogen) atoms. The number of hydrogen-bond donors (Lipinski definition) is 2. The summed E-state index contributed by atoms with van der Waals surface area (Å²) in [6.07, 6.45) is 2.26. The van der Waals surface area contributed by atoms with Crippen LogP contribution < -0.4 is 15.7 Å². The Bertz CT molecular complexity index is 422. The molecule has 0 aliphatic carbocycles. The number of urea groups is 1. The monoisotopic (exact) mass is 264 g/mol. The van der Waals surface area contributed by atoms with E-state index in [0.717, 1.165) is 0 Å². The molecule has 2 atom stereocenters. The fourth-order valence-corrected chi connectivity index (χ4v) is 1.53. The van der Waals surface area contributed by atoms with E-state index in [-0.39, 0.29) is 12.5 Å². The van der Waals surface area contributed by atoms with Crippen LogP contribution in [-0.4, -0.2) is 23.0 Å². The summed E-state index contributed by atoms with van der Waals surface area (Å²) >= 11 is 0. The first-order chi connectivity index (χ1) is 9.04. The molecule has 0 fully saturated rings. The number of carboxylic acid groups (broad SMARTS) is 1. The summed E-state index contributed by atoms with van der Waals surface area (Å²) in [5, 5.41) is 15.9. The Morgan fingerprint density at radius 3 is 2.68 bits per heavy atom. The maximum atomic E-state index is 11.6. The van der Waals surface area contributed by atoms with E-state index in [2.05, 4.69) is 15.6 Å². The van der Waals surface area contributed by atoms with Gasteiger partial charge in [-0.1, -0.05) is 26.3 Å². The number of rotatable bonds is 6. The van der Waals surface area contributed by atoms with Gasteiger partial charge in [0.15, 0.2) is 0 Å². The molecule has 1 aromatic rings. The first-order valence-electron chi connectivity index (χ1n) is 6.19. The van der Waals surface area contributed by atoms with Crippen LogP contribution in [0.4, 0.5) is 4.79 Å². The number of amides is 2. The molecule has 0 aromatic carbocycles. The molecule has 0 radical (unpaired) electrons. The SMILES string of the molecule is CC[C@@H](C)[C@H](NC(=O)NCc1ccccn1)C(=O)[O-]. The Kier molecular flexibility index (Phi) is 5.78. The summed E-state index contributed by atoms with van der Waals surface area (Å²) in [6.45, 7) is 3.85. The molecule has 0 spiro atoms. The highest BCUT2D eigenvalue weighted by Gasteiger charge is 2.19. The summed E-state index contributed by atoms with van der Waals surface area (Å²) < 4.78 is 0. The standard InChI is InChI=1S/C13H19N3O3/c1-3-9(2)11(12(17)18)16-13(19)15-8-10-6-4-5-7-14-10/h4-7,9,11H,3,8H2,1-2H3,(H,17,18)(H2,15,16,19)/p-1/t9-,11+/m1/s1. The molecule has 0 aliphatic heterocycles. The lowest BCUT2D eigenvalue weighted by molar-refractivity contribution is -0.309. The zero-order valence-corrected chi connectivity index (χ0v) is 11.1. The average molecular weight is 264 g/mol. The number of pyridine rings is 1. The molecule has 0 saturated heterocycles. The molecule has 1 aromatic heterocycles. The zero-order chi connectivity index (χ0) is 14.3. The van der Waals surface area contributed by atoms with E-state index in [1.807, 2.05) is 13.0 Å². The number of aliphatic carboxylic acids is 1. The number of hydrogen-bond acceptors (Lipinski definition) is 4. The Labute approximate surface area is 112 Å². The number of carbonyl (C=O) groups excluding carboxylic acids is 2. The summed E-state index contributed by atoms with van der Waals surface area (Å²) in [5.74, 6) is -1.46. The minimum absolute atomic E-state index is 0.189. The summed E-state index contributed by atoms with van der Waals surface area (Å²) in [5.41, 5.74) is 0.700. The first-order valence-corrected chi connectivity index (χ1v) is 6.19. The molecule has 0 bridgehead atoms. The van der Waals surface area contributed by atoms with Crippen LogP contribution in [0.1, 0.15) is 26.0 Å². The van der Waals surface area contributed by atoms with E-state index in [0.29, 0.717) is 12.1 Å². The molecule has 6 heteroatoms. The largest absolute Gasteiger partial charge is 0.548 e. The smallest absolute Gasteiger partial charge is 0.315 e. The van der Waals surface area contributed by atoms with Gasteiger partial charge in [0.05, 0.1) is 24.2 Å². The zero-order valence-electron chi connectivity index (χ0n) is 11.1. The van der Waals surface area contributed by atoms with Crippen molar-refractivity contribution in [3.63, 3.8) is 0 Å². The van der Waals surface area contributed by atoms with Crippen molar-refractivity contribution in [2.45, 2.75) is 32.9 Å². The highest BCUT2D eigenvalue weighted by Crippen LogP contribution is 2.06. The number of carboxylic acids is 1. The van der Waals surface area contributed by atoms with Crippen molar-refractivity contribution < 1.29 is 14.7 Å². The maximum absolute atomic E-state index is 11.6. The molecule has 2 amide bonds.